The van der Waals surface area contributed by atoms with Crippen LogP contribution >= 0.6 is 11.6 Å². The fraction of sp³-hybridized carbons (Fsp3) is 0.0909. The average Bonchev–Trinajstić information content (AvgIpc) is 3.10. The molecule has 0 aliphatic heterocycles. The number of rotatable bonds is 5. The molecule has 0 atom stereocenters. The highest BCUT2D eigenvalue weighted by atomic mass is 35.5. The van der Waals surface area contributed by atoms with Crippen molar-refractivity contribution in [2.24, 2.45) is 0 Å². The van der Waals surface area contributed by atoms with E-state index in [1.165, 1.54) is 0 Å². The zero-order valence-electron chi connectivity index (χ0n) is 15.0. The zero-order chi connectivity index (χ0) is 19.5. The van der Waals surface area contributed by atoms with E-state index >= 15 is 0 Å². The van der Waals surface area contributed by atoms with Gasteiger partial charge in [0.05, 0.1) is 18.4 Å². The van der Waals surface area contributed by atoms with Gasteiger partial charge in [0.25, 0.3) is 0 Å². The summed E-state index contributed by atoms with van der Waals surface area (Å²) in [5.74, 6) is 0.679. The molecule has 1 heterocycles. The van der Waals surface area contributed by atoms with Gasteiger partial charge in [-0.05, 0) is 36.4 Å². The van der Waals surface area contributed by atoms with Crippen LogP contribution in [0.4, 0.5) is 0 Å². The summed E-state index contributed by atoms with van der Waals surface area (Å²) < 4.78 is 16.3. The Balaban J connectivity index is 1.57. The predicted octanol–water partition coefficient (Wildman–Crippen LogP) is 5.30. The largest absolute Gasteiger partial charge is 0.496 e. The van der Waals surface area contributed by atoms with Crippen molar-refractivity contribution < 1.29 is 18.8 Å². The molecule has 140 valence electrons. The Morgan fingerprint density at radius 3 is 2.75 bits per heavy atom. The molecule has 4 aromatic rings. The Bertz CT molecular complexity index is 1150. The number of ether oxygens (including phenoxy) is 2. The highest BCUT2D eigenvalue weighted by molar-refractivity contribution is 6.30. The highest BCUT2D eigenvalue weighted by Crippen LogP contribution is 2.28. The molecule has 0 fully saturated rings. The van der Waals surface area contributed by atoms with E-state index in [0.717, 1.165) is 22.4 Å². The van der Waals surface area contributed by atoms with Gasteiger partial charge in [-0.2, -0.15) is 0 Å². The molecule has 0 bridgehead atoms. The first-order valence-corrected chi connectivity index (χ1v) is 9.00. The van der Waals surface area contributed by atoms with Crippen molar-refractivity contribution in [1.29, 1.82) is 0 Å². The van der Waals surface area contributed by atoms with Crippen molar-refractivity contribution in [3.8, 4) is 11.5 Å². The summed E-state index contributed by atoms with van der Waals surface area (Å²) in [6.07, 6.45) is 0.568. The number of methoxy groups -OCH3 is 1. The molecule has 0 unspecified atom stereocenters. The first-order valence-electron chi connectivity index (χ1n) is 8.62. The fourth-order valence-electron chi connectivity index (χ4n) is 2.97. The number of fused-ring (bicyclic) bond motifs is 1. The average molecular weight is 394 g/mol. The lowest BCUT2D eigenvalue weighted by atomic mass is 10.1. The normalized spacial score (nSPS) is 10.8. The van der Waals surface area contributed by atoms with E-state index in [0.29, 0.717) is 28.3 Å². The number of carbonyl (C=O) groups excluding carboxylic acids is 1. The third-order valence-electron chi connectivity index (χ3n) is 4.34. The third kappa shape index (κ3) is 3.70. The van der Waals surface area contributed by atoms with Crippen LogP contribution in [0.2, 0.25) is 5.02 Å². The lowest BCUT2D eigenvalue weighted by Gasteiger charge is -2.06. The molecule has 0 aliphatic rings. The lowest BCUT2D eigenvalue weighted by Crippen LogP contribution is -2.08. The second kappa shape index (κ2) is 7.74. The van der Waals surface area contributed by atoms with Gasteiger partial charge in [0, 0.05) is 28.5 Å². The van der Waals surface area contributed by atoms with Crippen molar-refractivity contribution in [1.82, 2.24) is 5.16 Å². The van der Waals surface area contributed by atoms with E-state index in [-0.39, 0.29) is 0 Å². The van der Waals surface area contributed by atoms with Crippen LogP contribution in [0.1, 0.15) is 21.6 Å². The minimum absolute atomic E-state index is 0.373. The van der Waals surface area contributed by atoms with Crippen molar-refractivity contribution in [3.05, 3.63) is 88.6 Å². The molecular formula is C22H16ClNO4. The summed E-state index contributed by atoms with van der Waals surface area (Å²) in [4.78, 5) is 12.3. The SMILES string of the molecule is COc1ccccc1Cc1noc2cc(OC(=O)c3cccc(Cl)c3)ccc12. The Hall–Kier alpha value is -3.31. The van der Waals surface area contributed by atoms with E-state index in [1.54, 1.807) is 43.5 Å². The van der Waals surface area contributed by atoms with Crippen LogP contribution in [0.25, 0.3) is 11.0 Å². The predicted molar refractivity (Wildman–Crippen MR) is 106 cm³/mol. The maximum absolute atomic E-state index is 12.3. The molecule has 3 aromatic carbocycles. The van der Waals surface area contributed by atoms with Gasteiger partial charge in [-0.15, -0.1) is 0 Å². The van der Waals surface area contributed by atoms with Crippen molar-refractivity contribution >= 4 is 28.5 Å². The number of halogens is 1. The number of aromatic nitrogens is 1. The molecule has 0 amide bonds. The number of carbonyl (C=O) groups is 1. The van der Waals surface area contributed by atoms with E-state index in [9.17, 15) is 4.79 Å². The van der Waals surface area contributed by atoms with Crippen molar-refractivity contribution in [2.75, 3.05) is 7.11 Å². The summed E-state index contributed by atoms with van der Waals surface area (Å²) in [5, 5.41) is 5.50. The molecule has 0 radical (unpaired) electrons. The summed E-state index contributed by atoms with van der Waals surface area (Å²) in [5.41, 5.74) is 2.71. The Kier molecular flexibility index (Phi) is 5.00. The van der Waals surface area contributed by atoms with E-state index < -0.39 is 5.97 Å². The molecule has 1 aromatic heterocycles. The fourth-order valence-corrected chi connectivity index (χ4v) is 3.16. The summed E-state index contributed by atoms with van der Waals surface area (Å²) in [6.45, 7) is 0. The molecular weight excluding hydrogens is 378 g/mol. The van der Waals surface area contributed by atoms with Crippen LogP contribution in [0.15, 0.2) is 71.3 Å². The topological polar surface area (TPSA) is 61.6 Å². The molecule has 5 nitrogen and oxygen atoms in total. The molecule has 0 saturated heterocycles. The molecule has 6 heteroatoms. The van der Waals surface area contributed by atoms with E-state index in [4.69, 9.17) is 25.6 Å². The van der Waals surface area contributed by atoms with E-state index in [2.05, 4.69) is 5.16 Å². The zero-order valence-corrected chi connectivity index (χ0v) is 15.8. The molecule has 4 rings (SSSR count). The minimum atomic E-state index is -0.490. The quantitative estimate of drug-likeness (QED) is 0.340. The number of benzene rings is 3. The second-order valence-electron chi connectivity index (χ2n) is 6.18. The van der Waals surface area contributed by atoms with Gasteiger partial charge in [-0.25, -0.2) is 4.79 Å². The van der Waals surface area contributed by atoms with E-state index in [1.807, 2.05) is 30.3 Å². The van der Waals surface area contributed by atoms with Crippen LogP contribution in [0, 0.1) is 0 Å². The van der Waals surface area contributed by atoms with Crippen molar-refractivity contribution in [2.45, 2.75) is 6.42 Å². The maximum atomic E-state index is 12.3. The summed E-state index contributed by atoms with van der Waals surface area (Å²) >= 11 is 5.92. The molecule has 28 heavy (non-hydrogen) atoms. The van der Waals surface area contributed by atoms with Gasteiger partial charge in [-0.1, -0.05) is 41.0 Å². The van der Waals surface area contributed by atoms with Gasteiger partial charge in [0.15, 0.2) is 5.58 Å². The van der Waals surface area contributed by atoms with Crippen LogP contribution < -0.4 is 9.47 Å². The molecule has 0 spiro atoms. The van der Waals surface area contributed by atoms with Gasteiger partial charge in [0.1, 0.15) is 11.5 Å². The summed E-state index contributed by atoms with van der Waals surface area (Å²) in [6, 6.07) is 19.6. The number of para-hydroxylation sites is 1. The van der Waals surface area contributed by atoms with Crippen LogP contribution in [-0.2, 0) is 6.42 Å². The van der Waals surface area contributed by atoms with Crippen LogP contribution in [0.5, 0.6) is 11.5 Å². The third-order valence-corrected chi connectivity index (χ3v) is 4.57. The first-order chi connectivity index (χ1) is 13.6. The standard InChI is InChI=1S/C22H16ClNO4/c1-26-20-8-3-2-5-14(20)12-19-18-10-9-17(13-21(18)28-24-19)27-22(25)15-6-4-7-16(23)11-15/h2-11,13H,12H2,1H3. The Morgan fingerprint density at radius 2 is 1.93 bits per heavy atom. The number of esters is 1. The monoisotopic (exact) mass is 393 g/mol. The smallest absolute Gasteiger partial charge is 0.343 e. The highest BCUT2D eigenvalue weighted by Gasteiger charge is 2.14. The first kappa shape index (κ1) is 18.1. The molecule has 0 aliphatic carbocycles. The van der Waals surface area contributed by atoms with Gasteiger partial charge in [0.2, 0.25) is 0 Å². The van der Waals surface area contributed by atoms with Crippen LogP contribution in [0.3, 0.4) is 0 Å². The minimum Gasteiger partial charge on any atom is -0.496 e. The number of hydrogen-bond acceptors (Lipinski definition) is 5. The van der Waals surface area contributed by atoms with Gasteiger partial charge >= 0.3 is 5.97 Å². The van der Waals surface area contributed by atoms with Crippen molar-refractivity contribution in [3.63, 3.8) is 0 Å². The van der Waals surface area contributed by atoms with Crippen LogP contribution in [-0.4, -0.2) is 18.2 Å². The lowest BCUT2D eigenvalue weighted by molar-refractivity contribution is 0.0735. The Morgan fingerprint density at radius 1 is 1.07 bits per heavy atom. The number of nitrogens with zero attached hydrogens (tertiary/aromatic N) is 1. The molecule has 0 N–H and O–H groups in total. The summed E-state index contributed by atoms with van der Waals surface area (Å²) in [7, 11) is 1.64. The second-order valence-corrected chi connectivity index (χ2v) is 6.61. The Labute approximate surface area is 166 Å². The maximum Gasteiger partial charge on any atom is 0.343 e. The van der Waals surface area contributed by atoms with Gasteiger partial charge < -0.3 is 14.0 Å². The van der Waals surface area contributed by atoms with Gasteiger partial charge in [-0.3, -0.25) is 0 Å². The molecule has 0 saturated carbocycles. The number of hydrogen-bond donors (Lipinski definition) is 0.